The minimum Gasteiger partial charge on any atom is -0.482 e. The first-order valence-electron chi connectivity index (χ1n) is 6.57. The molecule has 0 saturated heterocycles. The number of fused-ring (bicyclic) bond motifs is 1. The average molecular weight is 322 g/mol. The summed E-state index contributed by atoms with van der Waals surface area (Å²) < 4.78 is 5.33. The van der Waals surface area contributed by atoms with E-state index < -0.39 is 0 Å². The second-order valence-corrected chi connectivity index (χ2v) is 5.79. The van der Waals surface area contributed by atoms with Gasteiger partial charge in [0.2, 0.25) is 0 Å². The molecule has 0 aliphatic carbocycles. The fourth-order valence-electron chi connectivity index (χ4n) is 2.27. The van der Waals surface area contributed by atoms with Gasteiger partial charge in [-0.15, -0.1) is 11.6 Å². The van der Waals surface area contributed by atoms with E-state index in [2.05, 4.69) is 5.32 Å². The van der Waals surface area contributed by atoms with Crippen molar-refractivity contribution < 1.29 is 9.53 Å². The molecule has 2 aromatic carbocycles. The lowest BCUT2D eigenvalue weighted by molar-refractivity contribution is -0.118. The van der Waals surface area contributed by atoms with Crippen molar-refractivity contribution in [3.8, 4) is 5.75 Å². The number of hydrogen-bond donors (Lipinski definition) is 1. The molecule has 5 heteroatoms. The summed E-state index contributed by atoms with van der Waals surface area (Å²) >= 11 is 12.6. The molecule has 1 amide bonds. The topological polar surface area (TPSA) is 38.3 Å². The van der Waals surface area contributed by atoms with Gasteiger partial charge >= 0.3 is 0 Å². The van der Waals surface area contributed by atoms with Crippen LogP contribution in [-0.2, 0) is 11.2 Å². The second kappa shape index (κ2) is 5.96. The first-order chi connectivity index (χ1) is 10.1. The predicted molar refractivity (Wildman–Crippen MR) is 84.3 cm³/mol. The van der Waals surface area contributed by atoms with Crippen LogP contribution in [0.4, 0.5) is 5.69 Å². The van der Waals surface area contributed by atoms with E-state index in [9.17, 15) is 4.79 Å². The van der Waals surface area contributed by atoms with Gasteiger partial charge in [0.25, 0.3) is 5.91 Å². The Labute approximate surface area is 132 Å². The fraction of sp³-hybridized carbons (Fsp3) is 0.188. The summed E-state index contributed by atoms with van der Waals surface area (Å²) in [6, 6.07) is 13.2. The molecule has 108 valence electrons. The van der Waals surface area contributed by atoms with Crippen molar-refractivity contribution in [2.24, 2.45) is 0 Å². The minimum atomic E-state index is -0.228. The molecule has 1 aliphatic heterocycles. The van der Waals surface area contributed by atoms with Crippen LogP contribution >= 0.6 is 23.2 Å². The van der Waals surface area contributed by atoms with Crippen LogP contribution in [0, 0.1) is 0 Å². The Kier molecular flexibility index (Phi) is 4.04. The first kappa shape index (κ1) is 14.2. The maximum atomic E-state index is 11.4. The number of carbonyl (C=O) groups excluding carboxylic acids is 1. The van der Waals surface area contributed by atoms with Gasteiger partial charge in [-0.2, -0.15) is 0 Å². The summed E-state index contributed by atoms with van der Waals surface area (Å²) in [7, 11) is 0. The molecule has 1 N–H and O–H groups in total. The van der Waals surface area contributed by atoms with Gasteiger partial charge in [-0.05, 0) is 35.7 Å². The largest absolute Gasteiger partial charge is 0.482 e. The molecule has 1 aliphatic rings. The van der Waals surface area contributed by atoms with E-state index in [-0.39, 0.29) is 17.9 Å². The molecule has 21 heavy (non-hydrogen) atoms. The standard InChI is InChI=1S/C16H13Cl2NO2/c17-12-4-2-1-3-10(12)7-13(18)11-5-6-15-14(8-11)19-16(20)9-21-15/h1-6,8,13H,7,9H2,(H,19,20). The van der Waals surface area contributed by atoms with Crippen molar-refractivity contribution in [2.75, 3.05) is 11.9 Å². The van der Waals surface area contributed by atoms with E-state index in [0.29, 0.717) is 22.9 Å². The number of ether oxygens (including phenoxy) is 1. The summed E-state index contributed by atoms with van der Waals surface area (Å²) in [6.07, 6.45) is 0.620. The van der Waals surface area contributed by atoms with Crippen LogP contribution < -0.4 is 10.1 Å². The Morgan fingerprint density at radius 1 is 1.24 bits per heavy atom. The summed E-state index contributed by atoms with van der Waals surface area (Å²) in [5.74, 6) is 0.511. The Hall–Kier alpha value is -1.71. The van der Waals surface area contributed by atoms with Gasteiger partial charge in [0.15, 0.2) is 6.61 Å². The van der Waals surface area contributed by atoms with Crippen LogP contribution in [0.25, 0.3) is 0 Å². The third-order valence-electron chi connectivity index (χ3n) is 3.36. The summed E-state index contributed by atoms with van der Waals surface area (Å²) in [4.78, 5) is 11.4. The van der Waals surface area contributed by atoms with E-state index >= 15 is 0 Å². The molecular formula is C16H13Cl2NO2. The highest BCUT2D eigenvalue weighted by atomic mass is 35.5. The highest BCUT2D eigenvalue weighted by Crippen LogP contribution is 2.34. The normalized spacial score (nSPS) is 14.9. The molecule has 0 aromatic heterocycles. The average Bonchev–Trinajstić information content (AvgIpc) is 2.48. The van der Waals surface area contributed by atoms with Gasteiger partial charge in [0, 0.05) is 5.02 Å². The maximum absolute atomic E-state index is 11.4. The molecule has 0 bridgehead atoms. The number of carbonyl (C=O) groups is 1. The van der Waals surface area contributed by atoms with Crippen molar-refractivity contribution in [2.45, 2.75) is 11.8 Å². The van der Waals surface area contributed by atoms with Crippen LogP contribution in [-0.4, -0.2) is 12.5 Å². The zero-order valence-corrected chi connectivity index (χ0v) is 12.6. The highest BCUT2D eigenvalue weighted by molar-refractivity contribution is 6.31. The van der Waals surface area contributed by atoms with E-state index in [0.717, 1.165) is 11.1 Å². The quantitative estimate of drug-likeness (QED) is 0.861. The molecule has 0 spiro atoms. The van der Waals surface area contributed by atoms with Gasteiger partial charge in [-0.3, -0.25) is 4.79 Å². The van der Waals surface area contributed by atoms with E-state index in [1.54, 1.807) is 0 Å². The van der Waals surface area contributed by atoms with Gasteiger partial charge in [-0.1, -0.05) is 35.9 Å². The first-order valence-corrected chi connectivity index (χ1v) is 7.39. The summed E-state index contributed by atoms with van der Waals surface area (Å²) in [5.41, 5.74) is 2.58. The number of alkyl halides is 1. The van der Waals surface area contributed by atoms with Gasteiger partial charge in [-0.25, -0.2) is 0 Å². The lowest BCUT2D eigenvalue weighted by atomic mass is 10.0. The Bertz CT molecular complexity index is 688. The van der Waals surface area contributed by atoms with Crippen LogP contribution in [0.15, 0.2) is 42.5 Å². The maximum Gasteiger partial charge on any atom is 0.262 e. The SMILES string of the molecule is O=C1COc2ccc(C(Cl)Cc3ccccc3Cl)cc2N1. The number of anilines is 1. The number of halogens is 2. The van der Waals surface area contributed by atoms with Gasteiger partial charge < -0.3 is 10.1 Å². The highest BCUT2D eigenvalue weighted by Gasteiger charge is 2.18. The van der Waals surface area contributed by atoms with Crippen molar-refractivity contribution in [3.63, 3.8) is 0 Å². The molecule has 3 rings (SSSR count). The molecular weight excluding hydrogens is 309 g/mol. The third kappa shape index (κ3) is 3.14. The number of rotatable bonds is 3. The van der Waals surface area contributed by atoms with Gasteiger partial charge in [0.05, 0.1) is 11.1 Å². The smallest absolute Gasteiger partial charge is 0.262 e. The van der Waals surface area contributed by atoms with Crippen LogP contribution in [0.3, 0.4) is 0 Å². The Morgan fingerprint density at radius 3 is 2.86 bits per heavy atom. The number of amides is 1. The molecule has 0 radical (unpaired) electrons. The van der Waals surface area contributed by atoms with Crippen LogP contribution in [0.5, 0.6) is 5.75 Å². The van der Waals surface area contributed by atoms with E-state index in [4.69, 9.17) is 27.9 Å². The molecule has 0 saturated carbocycles. The van der Waals surface area contributed by atoms with E-state index in [1.165, 1.54) is 0 Å². The lowest BCUT2D eigenvalue weighted by Crippen LogP contribution is -2.25. The molecule has 2 aromatic rings. The van der Waals surface area contributed by atoms with Crippen LogP contribution in [0.2, 0.25) is 5.02 Å². The molecule has 0 fully saturated rings. The number of nitrogens with one attached hydrogen (secondary N) is 1. The van der Waals surface area contributed by atoms with Crippen molar-refractivity contribution >= 4 is 34.8 Å². The summed E-state index contributed by atoms with van der Waals surface area (Å²) in [5, 5.41) is 3.26. The van der Waals surface area contributed by atoms with Crippen molar-refractivity contribution in [1.29, 1.82) is 0 Å². The molecule has 3 nitrogen and oxygen atoms in total. The lowest BCUT2D eigenvalue weighted by Gasteiger charge is -2.20. The molecule has 1 heterocycles. The number of benzene rings is 2. The van der Waals surface area contributed by atoms with Crippen LogP contribution in [0.1, 0.15) is 16.5 Å². The second-order valence-electron chi connectivity index (χ2n) is 4.86. The predicted octanol–water partition coefficient (Wildman–Crippen LogP) is 4.19. The third-order valence-corrected chi connectivity index (χ3v) is 4.13. The minimum absolute atomic E-state index is 0.0519. The Morgan fingerprint density at radius 2 is 2.05 bits per heavy atom. The molecule has 1 atom stereocenters. The number of hydrogen-bond acceptors (Lipinski definition) is 2. The Balaban J connectivity index is 1.82. The van der Waals surface area contributed by atoms with Gasteiger partial charge in [0.1, 0.15) is 5.75 Å². The fourth-order valence-corrected chi connectivity index (χ4v) is 2.79. The summed E-state index contributed by atoms with van der Waals surface area (Å²) in [6.45, 7) is 0.0519. The van der Waals surface area contributed by atoms with Crippen molar-refractivity contribution in [1.82, 2.24) is 0 Å². The zero-order valence-electron chi connectivity index (χ0n) is 11.1. The van der Waals surface area contributed by atoms with Crippen molar-refractivity contribution in [3.05, 3.63) is 58.6 Å². The van der Waals surface area contributed by atoms with E-state index in [1.807, 2.05) is 42.5 Å². The molecule has 1 unspecified atom stereocenters. The monoisotopic (exact) mass is 321 g/mol. The zero-order chi connectivity index (χ0) is 14.8.